The summed E-state index contributed by atoms with van der Waals surface area (Å²) in [6, 6.07) is 12.7. The smallest absolute Gasteiger partial charge is 0.328 e. The number of hydrogen-bond donors (Lipinski definition) is 1. The largest absolute Gasteiger partial charge is 0.497 e. The lowest BCUT2D eigenvalue weighted by Crippen LogP contribution is -2.57. The molecule has 1 N–H and O–H groups in total. The summed E-state index contributed by atoms with van der Waals surface area (Å²) in [7, 11) is 4.25. The maximum Gasteiger partial charge on any atom is 0.328 e. The molecule has 8 atom stereocenters. The Morgan fingerprint density at radius 2 is 1.34 bits per heavy atom. The Morgan fingerprint density at radius 3 is 1.95 bits per heavy atom. The van der Waals surface area contributed by atoms with Crippen LogP contribution in [0.5, 0.6) is 5.75 Å². The lowest BCUT2D eigenvalue weighted by atomic mass is 9.82. The first-order valence-electron chi connectivity index (χ1n) is 20.7. The molecule has 12 nitrogen and oxygen atoms in total. The molecule has 0 aliphatic carbocycles. The molecule has 0 radical (unpaired) electrons. The molecule has 4 aliphatic rings. The van der Waals surface area contributed by atoms with E-state index in [1.165, 1.54) is 14.2 Å². The minimum absolute atomic E-state index is 0.0175. The number of nitrogens with zero attached hydrogens (tertiary/aromatic N) is 2. The number of Topliss-reactive ketones (excluding diaryl/α,β-unsaturated/α-hetero) is 1. The number of halogens is 1. The number of piperidine rings is 2. The second kappa shape index (κ2) is 21.2. The van der Waals surface area contributed by atoms with Crippen molar-refractivity contribution in [3.05, 3.63) is 64.7 Å². The number of amides is 3. The van der Waals surface area contributed by atoms with Gasteiger partial charge in [-0.2, -0.15) is 0 Å². The van der Waals surface area contributed by atoms with Gasteiger partial charge in [0.05, 0.1) is 32.1 Å². The summed E-state index contributed by atoms with van der Waals surface area (Å²) >= 11 is 9.68. The van der Waals surface area contributed by atoms with Crippen LogP contribution in [0, 0.1) is 17.8 Å². The third-order valence-electron chi connectivity index (χ3n) is 12.2. The van der Waals surface area contributed by atoms with Gasteiger partial charge < -0.3 is 29.3 Å². The maximum atomic E-state index is 14.5. The van der Waals surface area contributed by atoms with Crippen LogP contribution in [0.25, 0.3) is 0 Å². The Hall–Kier alpha value is -3.75. The molecule has 320 valence electrons. The van der Waals surface area contributed by atoms with Gasteiger partial charge in [0.2, 0.25) is 17.7 Å². The van der Waals surface area contributed by atoms with Gasteiger partial charge >= 0.3 is 11.9 Å². The fourth-order valence-corrected chi connectivity index (χ4v) is 12.0. The molecule has 0 unspecified atom stereocenters. The number of ether oxygens (including phenoxy) is 3. The van der Waals surface area contributed by atoms with Crippen molar-refractivity contribution in [3.8, 4) is 5.75 Å². The molecule has 0 aromatic heterocycles. The summed E-state index contributed by atoms with van der Waals surface area (Å²) in [5, 5.41) is 3.33. The lowest BCUT2D eigenvalue weighted by molar-refractivity contribution is -0.157. The van der Waals surface area contributed by atoms with Crippen LogP contribution >= 0.6 is 35.1 Å². The van der Waals surface area contributed by atoms with Crippen LogP contribution in [0.3, 0.4) is 0 Å². The number of nitrogens with one attached hydrogen (secondary N) is 1. The molecule has 2 aromatic rings. The van der Waals surface area contributed by atoms with Crippen molar-refractivity contribution in [1.82, 2.24) is 15.1 Å². The summed E-state index contributed by atoms with van der Waals surface area (Å²) in [6.07, 6.45) is 6.56. The van der Waals surface area contributed by atoms with Crippen LogP contribution in [-0.4, -0.2) is 107 Å². The average Bonchev–Trinajstić information content (AvgIpc) is 3.51. The molecule has 4 aliphatic heterocycles. The molecule has 4 heterocycles. The molecule has 4 fully saturated rings. The number of methoxy groups -OCH3 is 3. The third kappa shape index (κ3) is 11.2. The van der Waals surface area contributed by atoms with E-state index in [2.05, 4.69) is 5.32 Å². The van der Waals surface area contributed by atoms with Gasteiger partial charge in [-0.15, -0.1) is 23.5 Å². The van der Waals surface area contributed by atoms with E-state index in [0.717, 1.165) is 36.8 Å². The summed E-state index contributed by atoms with van der Waals surface area (Å²) < 4.78 is 15.5. The maximum absolute atomic E-state index is 14.5. The second-order valence-corrected chi connectivity index (χ2v) is 19.0. The van der Waals surface area contributed by atoms with E-state index in [1.807, 2.05) is 42.5 Å². The topological polar surface area (TPSA) is 149 Å². The molecule has 4 saturated heterocycles. The number of fused-ring (bicyclic) bond motifs is 2. The van der Waals surface area contributed by atoms with Crippen molar-refractivity contribution >= 4 is 70.6 Å². The Bertz CT molecular complexity index is 1830. The van der Waals surface area contributed by atoms with Crippen molar-refractivity contribution < 1.29 is 43.0 Å². The first kappa shape index (κ1) is 44.8. The zero-order chi connectivity index (χ0) is 42.1. The molecule has 0 spiro atoms. The van der Waals surface area contributed by atoms with Crippen molar-refractivity contribution in [2.24, 2.45) is 17.8 Å². The van der Waals surface area contributed by atoms with Crippen LogP contribution in [0.4, 0.5) is 0 Å². The van der Waals surface area contributed by atoms with Gasteiger partial charge in [0.1, 0.15) is 29.7 Å². The van der Waals surface area contributed by atoms with Gasteiger partial charge in [0.15, 0.2) is 0 Å². The number of ketones is 1. The lowest BCUT2D eigenvalue weighted by Gasteiger charge is -2.40. The molecule has 0 saturated carbocycles. The highest BCUT2D eigenvalue weighted by atomic mass is 35.5. The van der Waals surface area contributed by atoms with E-state index in [4.69, 9.17) is 25.8 Å². The van der Waals surface area contributed by atoms with Crippen molar-refractivity contribution in [1.29, 1.82) is 0 Å². The fourth-order valence-electron chi connectivity index (χ4n) is 9.01. The molecule has 6 rings (SSSR count). The van der Waals surface area contributed by atoms with Gasteiger partial charge in [-0.1, -0.05) is 35.9 Å². The predicted octanol–water partition coefficient (Wildman–Crippen LogP) is 6.24. The van der Waals surface area contributed by atoms with Crippen LogP contribution in [0.1, 0.15) is 81.8 Å². The SMILES string of the molecule is COC(=O)[C@@H]1CCC[C@@H]2SCC[C@H](CC(=O)[C@H](CC[C@H](Cc3ccc(OC)cc3)C(=O)N[C@H]3CCS[C@H]4CCC[C@@H](C(=O)OC)N4C3=O)Cc3cccc(Cl)c3)C(=O)N21. The van der Waals surface area contributed by atoms with Crippen molar-refractivity contribution in [2.45, 2.75) is 112 Å². The zero-order valence-electron chi connectivity index (χ0n) is 34.1. The van der Waals surface area contributed by atoms with Gasteiger partial charge in [-0.05, 0) is 124 Å². The first-order chi connectivity index (χ1) is 28.5. The van der Waals surface area contributed by atoms with Crippen molar-refractivity contribution in [2.75, 3.05) is 32.8 Å². The highest BCUT2D eigenvalue weighted by Crippen LogP contribution is 2.38. The number of benzene rings is 2. The third-order valence-corrected chi connectivity index (χ3v) is 15.1. The van der Waals surface area contributed by atoms with E-state index < -0.39 is 47.8 Å². The number of thioether (sulfide) groups is 2. The normalized spacial score (nSPS) is 25.6. The van der Waals surface area contributed by atoms with E-state index in [9.17, 15) is 28.8 Å². The highest BCUT2D eigenvalue weighted by Gasteiger charge is 2.45. The summed E-state index contributed by atoms with van der Waals surface area (Å²) in [6.45, 7) is 0. The predicted molar refractivity (Wildman–Crippen MR) is 228 cm³/mol. The summed E-state index contributed by atoms with van der Waals surface area (Å²) in [4.78, 5) is 86.3. The molecule has 0 bridgehead atoms. The zero-order valence-corrected chi connectivity index (χ0v) is 36.5. The van der Waals surface area contributed by atoms with Gasteiger partial charge in [0.25, 0.3) is 0 Å². The minimum atomic E-state index is -0.820. The van der Waals surface area contributed by atoms with E-state index >= 15 is 0 Å². The molecular weight excluding hydrogens is 814 g/mol. The van der Waals surface area contributed by atoms with Crippen molar-refractivity contribution in [3.63, 3.8) is 0 Å². The van der Waals surface area contributed by atoms with Crippen LogP contribution in [-0.2, 0) is 51.1 Å². The number of carbonyl (C=O) groups excluding carboxylic acids is 6. The quantitative estimate of drug-likeness (QED) is 0.203. The highest BCUT2D eigenvalue weighted by molar-refractivity contribution is 8.00. The molecule has 59 heavy (non-hydrogen) atoms. The Morgan fingerprint density at radius 1 is 0.746 bits per heavy atom. The van der Waals surface area contributed by atoms with Crippen LogP contribution < -0.4 is 10.1 Å². The number of esters is 2. The van der Waals surface area contributed by atoms with Gasteiger partial charge in [-0.3, -0.25) is 19.2 Å². The fraction of sp³-hybridized carbons (Fsp3) is 0.591. The molecule has 2 aromatic carbocycles. The van der Waals surface area contributed by atoms with E-state index in [1.54, 1.807) is 46.5 Å². The van der Waals surface area contributed by atoms with E-state index in [-0.39, 0.29) is 40.7 Å². The average molecular weight is 871 g/mol. The standard InChI is InChI=1S/C44H56ClN3O9S2/c1-55-33-17-13-27(14-18-33)23-30(40(50)46-34-20-22-59-39-12-6-10-36(44(54)57-3)48(39)42(34)52)16-15-29(24-28-7-4-8-32(45)25-28)37(49)26-31-19-21-58-38-11-5-9-35(43(53)56-2)47(38)41(31)51/h4,7-8,13-14,17-18,25,29-31,34-36,38-39H,5-6,9-12,15-16,19-24,26H2,1-3H3,(H,46,50)/t29-,30-,31-,34+,35+,36+,38+,39+/m1/s1. The molecular formula is C44H56ClN3O9S2. The van der Waals surface area contributed by atoms with Gasteiger partial charge in [0, 0.05) is 29.2 Å². The Kier molecular flexibility index (Phi) is 16.1. The Labute approximate surface area is 360 Å². The molecule has 15 heteroatoms. The number of rotatable bonds is 15. The van der Waals surface area contributed by atoms with Crippen LogP contribution in [0.2, 0.25) is 5.02 Å². The first-order valence-corrected chi connectivity index (χ1v) is 23.2. The minimum Gasteiger partial charge on any atom is -0.497 e. The van der Waals surface area contributed by atoms with Gasteiger partial charge in [-0.25, -0.2) is 9.59 Å². The number of hydrogen-bond acceptors (Lipinski definition) is 11. The monoisotopic (exact) mass is 869 g/mol. The van der Waals surface area contributed by atoms with E-state index in [0.29, 0.717) is 73.6 Å². The van der Waals surface area contributed by atoms with Crippen LogP contribution in [0.15, 0.2) is 48.5 Å². The Balaban J connectivity index is 1.23. The second-order valence-electron chi connectivity index (χ2n) is 15.9. The summed E-state index contributed by atoms with van der Waals surface area (Å²) in [5.41, 5.74) is 1.76. The molecule has 3 amide bonds. The summed E-state index contributed by atoms with van der Waals surface area (Å²) in [5.74, 6) is -1.45. The number of carbonyl (C=O) groups is 6.